The van der Waals surface area contributed by atoms with Crippen LogP contribution in [0.3, 0.4) is 0 Å². The first kappa shape index (κ1) is 21.8. The van der Waals surface area contributed by atoms with Crippen LogP contribution in [0.25, 0.3) is 5.70 Å². The molecule has 3 rings (SSSR count). The van der Waals surface area contributed by atoms with E-state index in [1.807, 2.05) is 0 Å². The van der Waals surface area contributed by atoms with E-state index >= 15 is 0 Å². The Hall–Kier alpha value is -3.88. The summed E-state index contributed by atoms with van der Waals surface area (Å²) in [6.07, 6.45) is 0. The molecule has 164 valence electrons. The van der Waals surface area contributed by atoms with Crippen molar-refractivity contribution < 1.29 is 33.6 Å². The van der Waals surface area contributed by atoms with Crippen LogP contribution in [-0.4, -0.2) is 45.0 Å². The molecule has 2 amide bonds. The molecule has 0 bridgehead atoms. The first-order valence-corrected chi connectivity index (χ1v) is 9.51. The van der Waals surface area contributed by atoms with Gasteiger partial charge in [0.15, 0.2) is 11.5 Å². The maximum absolute atomic E-state index is 13.0. The molecule has 2 aromatic rings. The topological polar surface area (TPSA) is 115 Å². The standard InChI is InChI=1S/C22H24N2O7/c1-5-31-21(26)17-18(12-6-8-14(28-2)9-7-12)23-22(27)24-19(17)13-10-15(29-3)20(25)16(11-13)30-4/h6-11,19,25H,5H2,1-4H3,(H2,23,24,27). The molecule has 9 heteroatoms. The number of esters is 1. The fourth-order valence-corrected chi connectivity index (χ4v) is 3.31. The number of nitrogens with one attached hydrogen (secondary N) is 2. The van der Waals surface area contributed by atoms with E-state index in [1.165, 1.54) is 26.4 Å². The van der Waals surface area contributed by atoms with E-state index in [9.17, 15) is 14.7 Å². The lowest BCUT2D eigenvalue weighted by atomic mass is 9.92. The maximum Gasteiger partial charge on any atom is 0.338 e. The molecular weight excluding hydrogens is 404 g/mol. The zero-order valence-corrected chi connectivity index (χ0v) is 17.6. The molecule has 0 spiro atoms. The fourth-order valence-electron chi connectivity index (χ4n) is 3.31. The number of phenols is 1. The van der Waals surface area contributed by atoms with E-state index < -0.39 is 18.0 Å². The Morgan fingerprint density at radius 1 is 1.03 bits per heavy atom. The molecule has 3 N–H and O–H groups in total. The summed E-state index contributed by atoms with van der Waals surface area (Å²) in [4.78, 5) is 25.5. The Labute approximate surface area is 179 Å². The second kappa shape index (κ2) is 9.29. The monoisotopic (exact) mass is 428 g/mol. The highest BCUT2D eigenvalue weighted by atomic mass is 16.5. The second-order valence-electron chi connectivity index (χ2n) is 6.54. The summed E-state index contributed by atoms with van der Waals surface area (Å²) in [5.41, 5.74) is 1.57. The minimum atomic E-state index is -0.881. The van der Waals surface area contributed by atoms with Gasteiger partial charge in [-0.15, -0.1) is 0 Å². The Kier molecular flexibility index (Phi) is 6.54. The summed E-state index contributed by atoms with van der Waals surface area (Å²) < 4.78 is 20.9. The molecule has 1 unspecified atom stereocenters. The van der Waals surface area contributed by atoms with Crippen molar-refractivity contribution >= 4 is 17.7 Å². The minimum Gasteiger partial charge on any atom is -0.502 e. The van der Waals surface area contributed by atoms with Crippen molar-refractivity contribution in [1.82, 2.24) is 10.6 Å². The van der Waals surface area contributed by atoms with Crippen molar-refractivity contribution in [2.45, 2.75) is 13.0 Å². The summed E-state index contributed by atoms with van der Waals surface area (Å²) in [5, 5.41) is 15.7. The highest BCUT2D eigenvalue weighted by Crippen LogP contribution is 2.41. The Morgan fingerprint density at radius 3 is 2.16 bits per heavy atom. The summed E-state index contributed by atoms with van der Waals surface area (Å²) in [6, 6.07) is 8.57. The lowest BCUT2D eigenvalue weighted by Crippen LogP contribution is -2.45. The molecule has 0 aromatic heterocycles. The van der Waals surface area contributed by atoms with Gasteiger partial charge in [-0.2, -0.15) is 0 Å². The molecule has 1 atom stereocenters. The molecule has 0 saturated heterocycles. The van der Waals surface area contributed by atoms with Crippen LogP contribution >= 0.6 is 0 Å². The molecule has 1 aliphatic rings. The van der Waals surface area contributed by atoms with E-state index in [0.717, 1.165) is 0 Å². The van der Waals surface area contributed by atoms with Gasteiger partial charge in [-0.1, -0.05) is 0 Å². The number of ether oxygens (including phenoxy) is 4. The molecule has 1 heterocycles. The minimum absolute atomic E-state index is 0.135. The van der Waals surface area contributed by atoms with Gasteiger partial charge >= 0.3 is 12.0 Å². The third-order valence-corrected chi connectivity index (χ3v) is 4.78. The Morgan fingerprint density at radius 2 is 1.65 bits per heavy atom. The van der Waals surface area contributed by atoms with Crippen LogP contribution in [0.1, 0.15) is 24.1 Å². The average molecular weight is 428 g/mol. The second-order valence-corrected chi connectivity index (χ2v) is 6.54. The van der Waals surface area contributed by atoms with E-state index in [1.54, 1.807) is 38.3 Å². The molecule has 0 aliphatic carbocycles. The van der Waals surface area contributed by atoms with E-state index in [-0.39, 0.29) is 29.4 Å². The third-order valence-electron chi connectivity index (χ3n) is 4.78. The van der Waals surface area contributed by atoms with Gasteiger partial charge in [-0.05, 0) is 54.4 Å². The molecule has 9 nitrogen and oxygen atoms in total. The predicted octanol–water partition coefficient (Wildman–Crippen LogP) is 2.75. The first-order chi connectivity index (χ1) is 14.9. The summed E-state index contributed by atoms with van der Waals surface area (Å²) in [7, 11) is 4.33. The highest BCUT2D eigenvalue weighted by molar-refractivity contribution is 6.04. The van der Waals surface area contributed by atoms with Gasteiger partial charge < -0.3 is 34.7 Å². The van der Waals surface area contributed by atoms with Gasteiger partial charge in [0, 0.05) is 0 Å². The van der Waals surface area contributed by atoms with Gasteiger partial charge in [0.2, 0.25) is 5.75 Å². The third kappa shape index (κ3) is 4.35. The van der Waals surface area contributed by atoms with Gasteiger partial charge in [0.05, 0.1) is 45.2 Å². The Bertz CT molecular complexity index is 990. The van der Waals surface area contributed by atoms with Crippen LogP contribution in [0, 0.1) is 0 Å². The van der Waals surface area contributed by atoms with Crippen LogP contribution in [0.15, 0.2) is 42.0 Å². The van der Waals surface area contributed by atoms with Crippen molar-refractivity contribution in [2.75, 3.05) is 27.9 Å². The van der Waals surface area contributed by atoms with Gasteiger partial charge in [0.1, 0.15) is 5.75 Å². The van der Waals surface area contributed by atoms with Gasteiger partial charge in [-0.3, -0.25) is 0 Å². The van der Waals surface area contributed by atoms with Crippen molar-refractivity contribution in [3.63, 3.8) is 0 Å². The molecule has 31 heavy (non-hydrogen) atoms. The Balaban J connectivity index is 2.22. The van der Waals surface area contributed by atoms with Crippen LogP contribution in [0.4, 0.5) is 4.79 Å². The summed E-state index contributed by atoms with van der Waals surface area (Å²) in [5.74, 6) is 0.113. The molecular formula is C22H24N2O7. The van der Waals surface area contributed by atoms with E-state index in [4.69, 9.17) is 18.9 Å². The number of benzene rings is 2. The SMILES string of the molecule is CCOC(=O)C1=C(c2ccc(OC)cc2)NC(=O)NC1c1cc(OC)c(O)c(OC)c1. The number of phenolic OH excluding ortho intramolecular Hbond substituents is 1. The molecule has 1 aliphatic heterocycles. The number of hydrogen-bond donors (Lipinski definition) is 3. The van der Waals surface area contributed by atoms with Crippen LogP contribution < -0.4 is 24.8 Å². The lowest BCUT2D eigenvalue weighted by molar-refractivity contribution is -0.138. The van der Waals surface area contributed by atoms with E-state index in [0.29, 0.717) is 22.6 Å². The molecule has 0 radical (unpaired) electrons. The fraction of sp³-hybridized carbons (Fsp3) is 0.273. The zero-order valence-electron chi connectivity index (χ0n) is 17.6. The zero-order chi connectivity index (χ0) is 22.5. The maximum atomic E-state index is 13.0. The molecule has 0 saturated carbocycles. The number of carbonyl (C=O) groups excluding carboxylic acids is 2. The van der Waals surface area contributed by atoms with Crippen molar-refractivity contribution in [3.05, 3.63) is 53.1 Å². The summed E-state index contributed by atoms with van der Waals surface area (Å²) >= 11 is 0. The number of methoxy groups -OCH3 is 3. The number of amides is 2. The average Bonchev–Trinajstić information content (AvgIpc) is 2.78. The lowest BCUT2D eigenvalue weighted by Gasteiger charge is -2.30. The van der Waals surface area contributed by atoms with Crippen molar-refractivity contribution in [3.8, 4) is 23.0 Å². The number of rotatable bonds is 7. The number of hydrogen-bond acceptors (Lipinski definition) is 7. The van der Waals surface area contributed by atoms with Gasteiger partial charge in [-0.25, -0.2) is 9.59 Å². The van der Waals surface area contributed by atoms with Crippen molar-refractivity contribution in [2.24, 2.45) is 0 Å². The van der Waals surface area contributed by atoms with Crippen molar-refractivity contribution in [1.29, 1.82) is 0 Å². The number of urea groups is 1. The van der Waals surface area contributed by atoms with Crippen LogP contribution in [0.5, 0.6) is 23.0 Å². The molecule has 2 aromatic carbocycles. The normalized spacial score (nSPS) is 15.6. The van der Waals surface area contributed by atoms with Crippen LogP contribution in [0.2, 0.25) is 0 Å². The quantitative estimate of drug-likeness (QED) is 0.581. The van der Waals surface area contributed by atoms with Gasteiger partial charge in [0.25, 0.3) is 0 Å². The largest absolute Gasteiger partial charge is 0.502 e. The predicted molar refractivity (Wildman–Crippen MR) is 112 cm³/mol. The number of aromatic hydroxyl groups is 1. The highest BCUT2D eigenvalue weighted by Gasteiger charge is 2.35. The summed E-state index contributed by atoms with van der Waals surface area (Å²) in [6.45, 7) is 1.85. The molecule has 0 fully saturated rings. The first-order valence-electron chi connectivity index (χ1n) is 9.51. The smallest absolute Gasteiger partial charge is 0.338 e. The van der Waals surface area contributed by atoms with Crippen LogP contribution in [-0.2, 0) is 9.53 Å². The van der Waals surface area contributed by atoms with E-state index in [2.05, 4.69) is 10.6 Å². The number of carbonyl (C=O) groups is 2.